The molecule has 0 saturated heterocycles. The average molecular weight is 285 g/mol. The summed E-state index contributed by atoms with van der Waals surface area (Å²) in [7, 11) is 0. The van der Waals surface area contributed by atoms with Gasteiger partial charge in [-0.1, -0.05) is 12.1 Å². The molecule has 1 N–H and O–H groups in total. The van der Waals surface area contributed by atoms with Gasteiger partial charge in [-0.2, -0.15) is 0 Å². The molecule has 0 saturated carbocycles. The molecule has 5 heteroatoms. The van der Waals surface area contributed by atoms with Gasteiger partial charge < -0.3 is 5.11 Å². The second-order valence-electron chi connectivity index (χ2n) is 5.08. The van der Waals surface area contributed by atoms with Gasteiger partial charge in [-0.15, -0.1) is 0 Å². The summed E-state index contributed by atoms with van der Waals surface area (Å²) in [6.45, 7) is 5.84. The number of rotatable bonds is 3. The molecule has 0 bridgehead atoms. The summed E-state index contributed by atoms with van der Waals surface area (Å²) < 4.78 is 0. The number of carboxylic acids is 1. The van der Waals surface area contributed by atoms with Gasteiger partial charge in [0.25, 0.3) is 5.69 Å². The first-order valence-corrected chi connectivity index (χ1v) is 6.40. The van der Waals surface area contributed by atoms with Gasteiger partial charge in [0.1, 0.15) is 0 Å². The van der Waals surface area contributed by atoms with Crippen LogP contribution in [0.1, 0.15) is 27.0 Å². The normalized spacial score (nSPS) is 10.4. The maximum atomic E-state index is 11.1. The van der Waals surface area contributed by atoms with Crippen molar-refractivity contribution in [3.05, 3.63) is 62.7 Å². The van der Waals surface area contributed by atoms with Crippen molar-refractivity contribution < 1.29 is 14.8 Å². The van der Waals surface area contributed by atoms with E-state index >= 15 is 0 Å². The van der Waals surface area contributed by atoms with Crippen molar-refractivity contribution in [2.24, 2.45) is 0 Å². The molecule has 0 aliphatic heterocycles. The number of benzene rings is 2. The Labute approximate surface area is 122 Å². The second kappa shape index (κ2) is 5.36. The van der Waals surface area contributed by atoms with E-state index < -0.39 is 10.9 Å². The molecule has 0 unspecified atom stereocenters. The molecule has 21 heavy (non-hydrogen) atoms. The van der Waals surface area contributed by atoms with Crippen LogP contribution in [0.4, 0.5) is 5.69 Å². The van der Waals surface area contributed by atoms with Crippen LogP contribution in [0.5, 0.6) is 0 Å². The van der Waals surface area contributed by atoms with Crippen molar-refractivity contribution in [2.45, 2.75) is 20.8 Å². The Balaban J connectivity index is 2.71. The molecule has 2 rings (SSSR count). The molecular formula is C16H15NO4. The quantitative estimate of drug-likeness (QED) is 0.685. The van der Waals surface area contributed by atoms with E-state index in [1.165, 1.54) is 12.1 Å². The number of hydrogen-bond acceptors (Lipinski definition) is 3. The predicted octanol–water partition coefficient (Wildman–Crippen LogP) is 3.89. The Morgan fingerprint density at radius 2 is 1.62 bits per heavy atom. The van der Waals surface area contributed by atoms with Crippen LogP contribution in [-0.2, 0) is 0 Å². The van der Waals surface area contributed by atoms with Crippen LogP contribution in [0.3, 0.4) is 0 Å². The Morgan fingerprint density at radius 3 is 2.19 bits per heavy atom. The third kappa shape index (κ3) is 2.91. The molecule has 0 amide bonds. The van der Waals surface area contributed by atoms with Gasteiger partial charge in [0.05, 0.1) is 10.5 Å². The fourth-order valence-electron chi connectivity index (χ4n) is 2.27. The van der Waals surface area contributed by atoms with E-state index in [9.17, 15) is 14.9 Å². The first-order valence-electron chi connectivity index (χ1n) is 6.40. The minimum atomic E-state index is -1.18. The number of carboxylic acid groups (broad SMARTS) is 1. The van der Waals surface area contributed by atoms with E-state index in [1.54, 1.807) is 0 Å². The molecule has 0 atom stereocenters. The fourth-order valence-corrected chi connectivity index (χ4v) is 2.27. The lowest BCUT2D eigenvalue weighted by Gasteiger charge is -2.11. The largest absolute Gasteiger partial charge is 0.478 e. The van der Waals surface area contributed by atoms with E-state index in [2.05, 4.69) is 0 Å². The fraction of sp³-hybridized carbons (Fsp3) is 0.188. The Hall–Kier alpha value is -2.69. The summed E-state index contributed by atoms with van der Waals surface area (Å²) in [4.78, 5) is 21.5. The van der Waals surface area contributed by atoms with Gasteiger partial charge in [0, 0.05) is 12.1 Å². The van der Waals surface area contributed by atoms with Crippen molar-refractivity contribution in [3.8, 4) is 11.1 Å². The highest BCUT2D eigenvalue weighted by Crippen LogP contribution is 2.30. The van der Waals surface area contributed by atoms with Crippen molar-refractivity contribution in [3.63, 3.8) is 0 Å². The van der Waals surface area contributed by atoms with Gasteiger partial charge in [-0.05, 0) is 54.7 Å². The molecule has 0 radical (unpaired) electrons. The number of nitro groups is 1. The third-order valence-corrected chi connectivity index (χ3v) is 3.53. The van der Waals surface area contributed by atoms with Crippen LogP contribution >= 0.6 is 0 Å². The standard InChI is InChI=1S/C16H15NO4/c1-9-4-11(3)15(5-10(9)2)12-6-13(16(18)19)8-14(7-12)17(20)21/h4-8H,1-3H3,(H,18,19). The summed E-state index contributed by atoms with van der Waals surface area (Å²) >= 11 is 0. The number of carbonyl (C=O) groups is 1. The maximum absolute atomic E-state index is 11.1. The van der Waals surface area contributed by atoms with E-state index in [0.29, 0.717) is 5.56 Å². The Bertz CT molecular complexity index is 718. The summed E-state index contributed by atoms with van der Waals surface area (Å²) in [6, 6.07) is 7.86. The lowest BCUT2D eigenvalue weighted by Crippen LogP contribution is -2.00. The first kappa shape index (κ1) is 14.7. The van der Waals surface area contributed by atoms with E-state index in [-0.39, 0.29) is 11.3 Å². The number of aromatic carboxylic acids is 1. The second-order valence-corrected chi connectivity index (χ2v) is 5.08. The van der Waals surface area contributed by atoms with Crippen LogP contribution in [0.2, 0.25) is 0 Å². The van der Waals surface area contributed by atoms with E-state index in [4.69, 9.17) is 5.11 Å². The SMILES string of the molecule is Cc1cc(C)c(-c2cc(C(=O)O)cc([N+](=O)[O-])c2)cc1C. The number of hydrogen-bond donors (Lipinski definition) is 1. The summed E-state index contributed by atoms with van der Waals surface area (Å²) in [5.74, 6) is -1.18. The molecule has 5 nitrogen and oxygen atoms in total. The monoisotopic (exact) mass is 285 g/mol. The summed E-state index contributed by atoms with van der Waals surface area (Å²) in [6.07, 6.45) is 0. The van der Waals surface area contributed by atoms with Crippen molar-refractivity contribution in [2.75, 3.05) is 0 Å². The zero-order chi connectivity index (χ0) is 15.7. The van der Waals surface area contributed by atoms with Crippen LogP contribution in [-0.4, -0.2) is 16.0 Å². The number of nitrogens with zero attached hydrogens (tertiary/aromatic N) is 1. The summed E-state index contributed by atoms with van der Waals surface area (Å²) in [5.41, 5.74) is 4.18. The van der Waals surface area contributed by atoms with Gasteiger partial charge in [-0.25, -0.2) is 4.79 Å². The molecule has 0 aliphatic rings. The highest BCUT2D eigenvalue weighted by atomic mass is 16.6. The zero-order valence-corrected chi connectivity index (χ0v) is 12.0. The number of non-ortho nitro benzene ring substituents is 1. The van der Waals surface area contributed by atoms with Crippen molar-refractivity contribution in [1.82, 2.24) is 0 Å². The molecule has 2 aromatic rings. The lowest BCUT2D eigenvalue weighted by molar-refractivity contribution is -0.384. The molecule has 108 valence electrons. The smallest absolute Gasteiger partial charge is 0.335 e. The number of aryl methyl sites for hydroxylation is 3. The molecule has 0 spiro atoms. The van der Waals surface area contributed by atoms with Gasteiger partial charge in [0.2, 0.25) is 0 Å². The first-order chi connectivity index (χ1) is 9.79. The van der Waals surface area contributed by atoms with Crippen LogP contribution < -0.4 is 0 Å². The van der Waals surface area contributed by atoms with Crippen molar-refractivity contribution in [1.29, 1.82) is 0 Å². The molecule has 0 aromatic heterocycles. The molecular weight excluding hydrogens is 270 g/mol. The van der Waals surface area contributed by atoms with Gasteiger partial charge >= 0.3 is 5.97 Å². The highest BCUT2D eigenvalue weighted by Gasteiger charge is 2.16. The van der Waals surface area contributed by atoms with Crippen LogP contribution in [0, 0.1) is 30.9 Å². The predicted molar refractivity (Wildman–Crippen MR) is 79.7 cm³/mol. The molecule has 0 fully saturated rings. The average Bonchev–Trinajstić information content (AvgIpc) is 2.42. The minimum absolute atomic E-state index is 0.0863. The summed E-state index contributed by atoms with van der Waals surface area (Å²) in [5, 5.41) is 20.1. The lowest BCUT2D eigenvalue weighted by atomic mass is 9.94. The Kier molecular flexibility index (Phi) is 3.76. The van der Waals surface area contributed by atoms with E-state index in [1.807, 2.05) is 32.9 Å². The van der Waals surface area contributed by atoms with Crippen molar-refractivity contribution >= 4 is 11.7 Å². The maximum Gasteiger partial charge on any atom is 0.335 e. The zero-order valence-electron chi connectivity index (χ0n) is 12.0. The van der Waals surface area contributed by atoms with Gasteiger partial charge in [-0.3, -0.25) is 10.1 Å². The molecule has 0 aliphatic carbocycles. The van der Waals surface area contributed by atoms with Gasteiger partial charge in [0.15, 0.2) is 0 Å². The molecule has 0 heterocycles. The molecule has 2 aromatic carbocycles. The number of nitro benzene ring substituents is 1. The highest BCUT2D eigenvalue weighted by molar-refractivity contribution is 5.91. The topological polar surface area (TPSA) is 80.4 Å². The minimum Gasteiger partial charge on any atom is -0.478 e. The Morgan fingerprint density at radius 1 is 1.00 bits per heavy atom. The van der Waals surface area contributed by atoms with E-state index in [0.717, 1.165) is 28.3 Å². The third-order valence-electron chi connectivity index (χ3n) is 3.53. The van der Waals surface area contributed by atoms with Crippen LogP contribution in [0.15, 0.2) is 30.3 Å². The van der Waals surface area contributed by atoms with Crippen LogP contribution in [0.25, 0.3) is 11.1 Å².